The Morgan fingerprint density at radius 2 is 1.76 bits per heavy atom. The van der Waals surface area contributed by atoms with E-state index < -0.39 is 0 Å². The third-order valence-electron chi connectivity index (χ3n) is 3.80. The first-order chi connectivity index (χ1) is 9.85. The molecule has 1 amide bonds. The molecule has 3 heteroatoms. The normalized spacial score (nSPS) is 12.5. The summed E-state index contributed by atoms with van der Waals surface area (Å²) in [6.07, 6.45) is 1.76. The Morgan fingerprint density at radius 1 is 1.19 bits per heavy atom. The van der Waals surface area contributed by atoms with Crippen LogP contribution >= 0.6 is 0 Å². The van der Waals surface area contributed by atoms with Crippen LogP contribution in [0.3, 0.4) is 0 Å². The second kappa shape index (κ2) is 8.18. The van der Waals surface area contributed by atoms with Gasteiger partial charge < -0.3 is 10.4 Å². The molecule has 0 heterocycles. The first-order valence-electron chi connectivity index (χ1n) is 7.82. The lowest BCUT2D eigenvalue weighted by molar-refractivity contribution is 0.0940. The number of hydrogen-bond acceptors (Lipinski definition) is 2. The molecule has 0 aliphatic carbocycles. The molecule has 118 valence electrons. The predicted molar refractivity (Wildman–Crippen MR) is 87.6 cm³/mol. The van der Waals surface area contributed by atoms with Gasteiger partial charge in [-0.05, 0) is 56.6 Å². The molecule has 0 aromatic heterocycles. The summed E-state index contributed by atoms with van der Waals surface area (Å²) >= 11 is 0. The molecule has 1 unspecified atom stereocenters. The second-order valence-corrected chi connectivity index (χ2v) is 6.49. The third kappa shape index (κ3) is 5.50. The van der Waals surface area contributed by atoms with Crippen LogP contribution in [0.1, 0.15) is 53.7 Å². The summed E-state index contributed by atoms with van der Waals surface area (Å²) in [7, 11) is 0. The van der Waals surface area contributed by atoms with Gasteiger partial charge in [-0.25, -0.2) is 0 Å². The first kappa shape index (κ1) is 17.7. The summed E-state index contributed by atoms with van der Waals surface area (Å²) in [5.74, 6) is 0.906. The maximum Gasteiger partial charge on any atom is 0.251 e. The van der Waals surface area contributed by atoms with Gasteiger partial charge in [0.05, 0.1) is 0 Å². The SMILES string of the molecule is Cc1cc(C)c(C(=O)NCC(CCO)CC(C)C)c(C)c1. The summed E-state index contributed by atoms with van der Waals surface area (Å²) in [4.78, 5) is 12.4. The van der Waals surface area contributed by atoms with Gasteiger partial charge in [0.15, 0.2) is 0 Å². The maximum atomic E-state index is 12.4. The van der Waals surface area contributed by atoms with E-state index >= 15 is 0 Å². The minimum absolute atomic E-state index is 0.00306. The molecule has 0 aliphatic rings. The highest BCUT2D eigenvalue weighted by Gasteiger charge is 2.16. The zero-order chi connectivity index (χ0) is 16.0. The second-order valence-electron chi connectivity index (χ2n) is 6.49. The Labute approximate surface area is 128 Å². The van der Waals surface area contributed by atoms with Crippen molar-refractivity contribution in [3.63, 3.8) is 0 Å². The van der Waals surface area contributed by atoms with Crippen molar-refractivity contribution < 1.29 is 9.90 Å². The molecular weight excluding hydrogens is 262 g/mol. The van der Waals surface area contributed by atoms with Gasteiger partial charge in [0.1, 0.15) is 0 Å². The van der Waals surface area contributed by atoms with Gasteiger partial charge in [-0.2, -0.15) is 0 Å². The van der Waals surface area contributed by atoms with Gasteiger partial charge in [-0.3, -0.25) is 4.79 Å². The molecule has 0 spiro atoms. The molecule has 0 saturated heterocycles. The molecule has 0 aliphatic heterocycles. The summed E-state index contributed by atoms with van der Waals surface area (Å²) in [5.41, 5.74) is 4.01. The fourth-order valence-electron chi connectivity index (χ4n) is 3.02. The molecule has 3 nitrogen and oxygen atoms in total. The molecule has 0 saturated carbocycles. The van der Waals surface area contributed by atoms with Crippen LogP contribution in [0.25, 0.3) is 0 Å². The Hall–Kier alpha value is -1.35. The molecule has 0 bridgehead atoms. The summed E-state index contributed by atoms with van der Waals surface area (Å²) in [6, 6.07) is 4.09. The number of aliphatic hydroxyl groups excluding tert-OH is 1. The highest BCUT2D eigenvalue weighted by molar-refractivity contribution is 5.97. The molecule has 21 heavy (non-hydrogen) atoms. The zero-order valence-electron chi connectivity index (χ0n) is 14.0. The van der Waals surface area contributed by atoms with E-state index in [4.69, 9.17) is 5.11 Å². The quantitative estimate of drug-likeness (QED) is 0.809. The number of carbonyl (C=O) groups is 1. The number of amides is 1. The summed E-state index contributed by atoms with van der Waals surface area (Å²) < 4.78 is 0. The zero-order valence-corrected chi connectivity index (χ0v) is 14.0. The highest BCUT2D eigenvalue weighted by atomic mass is 16.3. The van der Waals surface area contributed by atoms with Crippen molar-refractivity contribution >= 4 is 5.91 Å². The van der Waals surface area contributed by atoms with Gasteiger partial charge >= 0.3 is 0 Å². The van der Waals surface area contributed by atoms with Crippen LogP contribution in [0.4, 0.5) is 0 Å². The average molecular weight is 291 g/mol. The van der Waals surface area contributed by atoms with Crippen LogP contribution in [-0.4, -0.2) is 24.2 Å². The average Bonchev–Trinajstić information content (AvgIpc) is 2.34. The monoisotopic (exact) mass is 291 g/mol. The van der Waals surface area contributed by atoms with E-state index in [0.717, 1.165) is 29.5 Å². The van der Waals surface area contributed by atoms with E-state index in [-0.39, 0.29) is 12.5 Å². The van der Waals surface area contributed by atoms with E-state index in [1.54, 1.807) is 0 Å². The van der Waals surface area contributed by atoms with Gasteiger partial charge in [0, 0.05) is 18.7 Å². The van der Waals surface area contributed by atoms with Gasteiger partial charge in [-0.1, -0.05) is 31.5 Å². The topological polar surface area (TPSA) is 49.3 Å². The molecule has 1 aromatic carbocycles. The molecule has 1 atom stereocenters. The first-order valence-corrected chi connectivity index (χ1v) is 7.82. The third-order valence-corrected chi connectivity index (χ3v) is 3.80. The smallest absolute Gasteiger partial charge is 0.251 e. The number of benzene rings is 1. The van der Waals surface area contributed by atoms with E-state index in [2.05, 4.69) is 19.2 Å². The lowest BCUT2D eigenvalue weighted by atomic mass is 9.94. The van der Waals surface area contributed by atoms with Crippen molar-refractivity contribution in [3.8, 4) is 0 Å². The maximum absolute atomic E-state index is 12.4. The fourth-order valence-corrected chi connectivity index (χ4v) is 3.02. The Morgan fingerprint density at radius 3 is 2.24 bits per heavy atom. The van der Waals surface area contributed by atoms with E-state index in [1.807, 2.05) is 32.9 Å². The Kier molecular flexibility index (Phi) is 6.90. The van der Waals surface area contributed by atoms with Crippen molar-refractivity contribution in [1.82, 2.24) is 5.32 Å². The van der Waals surface area contributed by atoms with Gasteiger partial charge in [0.2, 0.25) is 0 Å². The minimum Gasteiger partial charge on any atom is -0.396 e. The molecule has 1 rings (SSSR count). The van der Waals surface area contributed by atoms with Crippen LogP contribution < -0.4 is 5.32 Å². The van der Waals surface area contributed by atoms with Crippen LogP contribution in [0.15, 0.2) is 12.1 Å². The Bertz CT molecular complexity index is 457. The number of aryl methyl sites for hydroxylation is 3. The van der Waals surface area contributed by atoms with E-state index in [0.29, 0.717) is 18.4 Å². The van der Waals surface area contributed by atoms with Crippen LogP contribution in [-0.2, 0) is 0 Å². The van der Waals surface area contributed by atoms with Crippen LogP contribution in [0, 0.1) is 32.6 Å². The fraction of sp³-hybridized carbons (Fsp3) is 0.611. The molecule has 1 aromatic rings. The number of carbonyl (C=O) groups excluding carboxylic acids is 1. The number of rotatable bonds is 7. The van der Waals surface area contributed by atoms with Crippen molar-refractivity contribution in [2.75, 3.05) is 13.2 Å². The molecule has 2 N–H and O–H groups in total. The lowest BCUT2D eigenvalue weighted by Gasteiger charge is -2.19. The molecule has 0 fully saturated rings. The van der Waals surface area contributed by atoms with Gasteiger partial charge in [-0.15, -0.1) is 0 Å². The number of hydrogen-bond donors (Lipinski definition) is 2. The van der Waals surface area contributed by atoms with Crippen LogP contribution in [0.2, 0.25) is 0 Å². The Balaban J connectivity index is 2.72. The largest absolute Gasteiger partial charge is 0.396 e. The minimum atomic E-state index is -0.00306. The molecule has 0 radical (unpaired) electrons. The highest BCUT2D eigenvalue weighted by Crippen LogP contribution is 2.18. The van der Waals surface area contributed by atoms with Crippen molar-refractivity contribution in [2.45, 2.75) is 47.5 Å². The summed E-state index contributed by atoms with van der Waals surface area (Å²) in [5, 5.41) is 12.2. The standard InChI is InChI=1S/C18H29NO2/c1-12(2)8-16(6-7-20)11-19-18(21)17-14(4)9-13(3)10-15(17)5/h9-10,12,16,20H,6-8,11H2,1-5H3,(H,19,21). The lowest BCUT2D eigenvalue weighted by Crippen LogP contribution is -2.31. The molecular formula is C18H29NO2. The number of nitrogens with one attached hydrogen (secondary N) is 1. The van der Waals surface area contributed by atoms with Crippen molar-refractivity contribution in [2.24, 2.45) is 11.8 Å². The van der Waals surface area contributed by atoms with Crippen molar-refractivity contribution in [1.29, 1.82) is 0 Å². The number of aliphatic hydroxyl groups is 1. The van der Waals surface area contributed by atoms with Crippen LogP contribution in [0.5, 0.6) is 0 Å². The van der Waals surface area contributed by atoms with E-state index in [1.165, 1.54) is 5.56 Å². The predicted octanol–water partition coefficient (Wildman–Crippen LogP) is 3.39. The van der Waals surface area contributed by atoms with E-state index in [9.17, 15) is 4.79 Å². The van der Waals surface area contributed by atoms with Crippen molar-refractivity contribution in [3.05, 3.63) is 34.4 Å². The van der Waals surface area contributed by atoms with Gasteiger partial charge in [0.25, 0.3) is 5.91 Å². The summed E-state index contributed by atoms with van der Waals surface area (Å²) in [6.45, 7) is 11.1.